The van der Waals surface area contributed by atoms with Crippen LogP contribution in [0.3, 0.4) is 0 Å². The van der Waals surface area contributed by atoms with Crippen LogP contribution in [0.15, 0.2) is 24.3 Å². The molecule has 0 aromatic heterocycles. The molecule has 1 aromatic carbocycles. The van der Waals surface area contributed by atoms with Gasteiger partial charge in [0, 0.05) is 0 Å². The average Bonchev–Trinajstić information content (AvgIpc) is 2.05. The third kappa shape index (κ3) is 1.68. The normalized spacial score (nSPS) is 15.2. The molecule has 0 aliphatic rings. The number of hydrogen-bond donors (Lipinski definition) is 1. The molecule has 3 heteroatoms. The van der Waals surface area contributed by atoms with Crippen molar-refractivity contribution in [1.29, 1.82) is 0 Å². The van der Waals surface area contributed by atoms with Gasteiger partial charge in [0.15, 0.2) is 6.29 Å². The zero-order valence-electron chi connectivity index (χ0n) is 6.62. The Labute approximate surface area is 69.6 Å². The Morgan fingerprint density at radius 3 is 2.75 bits per heavy atom. The number of carbonyl (C=O) groups is 1. The number of aldehydes is 1. The Kier molecular flexibility index (Phi) is 2.24. The molecule has 0 amide bonds. The third-order valence-corrected chi connectivity index (χ3v) is 1.64. The van der Waals surface area contributed by atoms with Gasteiger partial charge in [0.2, 0.25) is 0 Å². The van der Waals surface area contributed by atoms with Gasteiger partial charge in [-0.1, -0.05) is 12.1 Å². The molecule has 1 rings (SSSR count). The molecule has 12 heavy (non-hydrogen) atoms. The SMILES string of the molecule is CC(O)(C=O)c1cccc(F)c1. The second-order valence-electron chi connectivity index (χ2n) is 2.78. The molecule has 0 fully saturated rings. The first-order valence-corrected chi connectivity index (χ1v) is 3.51. The predicted molar refractivity (Wildman–Crippen MR) is 42.0 cm³/mol. The lowest BCUT2D eigenvalue weighted by Crippen LogP contribution is -2.22. The number of rotatable bonds is 2. The van der Waals surface area contributed by atoms with Crippen molar-refractivity contribution in [2.24, 2.45) is 0 Å². The summed E-state index contributed by atoms with van der Waals surface area (Å²) in [6.07, 6.45) is 0.377. The molecule has 0 aliphatic carbocycles. The molecule has 1 unspecified atom stereocenters. The van der Waals surface area contributed by atoms with Gasteiger partial charge in [-0.25, -0.2) is 4.39 Å². The maximum absolute atomic E-state index is 12.6. The number of halogens is 1. The second kappa shape index (κ2) is 3.03. The summed E-state index contributed by atoms with van der Waals surface area (Å²) in [7, 11) is 0. The van der Waals surface area contributed by atoms with Crippen LogP contribution in [0.2, 0.25) is 0 Å². The maximum Gasteiger partial charge on any atom is 0.155 e. The highest BCUT2D eigenvalue weighted by molar-refractivity contribution is 5.64. The second-order valence-corrected chi connectivity index (χ2v) is 2.78. The van der Waals surface area contributed by atoms with Gasteiger partial charge in [-0.15, -0.1) is 0 Å². The summed E-state index contributed by atoms with van der Waals surface area (Å²) in [6.45, 7) is 1.31. The Morgan fingerprint density at radius 1 is 1.58 bits per heavy atom. The summed E-state index contributed by atoms with van der Waals surface area (Å²) >= 11 is 0. The van der Waals surface area contributed by atoms with E-state index in [1.165, 1.54) is 25.1 Å². The molecular formula is C9H9FO2. The van der Waals surface area contributed by atoms with Gasteiger partial charge < -0.3 is 5.11 Å². The first-order chi connectivity index (χ1) is 5.56. The molecule has 2 nitrogen and oxygen atoms in total. The summed E-state index contributed by atoms with van der Waals surface area (Å²) in [5.41, 5.74) is -1.33. The summed E-state index contributed by atoms with van der Waals surface area (Å²) in [5, 5.41) is 9.38. The van der Waals surface area contributed by atoms with Crippen LogP contribution in [0.25, 0.3) is 0 Å². The number of carbonyl (C=O) groups excluding carboxylic acids is 1. The Morgan fingerprint density at radius 2 is 2.25 bits per heavy atom. The molecule has 64 valence electrons. The van der Waals surface area contributed by atoms with Crippen LogP contribution >= 0.6 is 0 Å². The van der Waals surface area contributed by atoms with Crippen molar-refractivity contribution in [3.05, 3.63) is 35.6 Å². The standard InChI is InChI=1S/C9H9FO2/c1-9(12,6-11)7-3-2-4-8(10)5-7/h2-6,12H,1H3. The van der Waals surface area contributed by atoms with E-state index >= 15 is 0 Å². The van der Waals surface area contributed by atoms with Gasteiger partial charge in [-0.3, -0.25) is 4.79 Å². The molecule has 0 saturated heterocycles. The van der Waals surface area contributed by atoms with E-state index in [2.05, 4.69) is 0 Å². The monoisotopic (exact) mass is 168 g/mol. The lowest BCUT2D eigenvalue weighted by molar-refractivity contribution is -0.123. The van der Waals surface area contributed by atoms with Gasteiger partial charge in [-0.05, 0) is 24.6 Å². The van der Waals surface area contributed by atoms with E-state index in [1.54, 1.807) is 0 Å². The fraction of sp³-hybridized carbons (Fsp3) is 0.222. The molecule has 0 radical (unpaired) electrons. The topological polar surface area (TPSA) is 37.3 Å². The summed E-state index contributed by atoms with van der Waals surface area (Å²) < 4.78 is 12.6. The maximum atomic E-state index is 12.6. The van der Waals surface area contributed by atoms with Crippen molar-refractivity contribution in [1.82, 2.24) is 0 Å². The largest absolute Gasteiger partial charge is 0.378 e. The molecule has 1 aromatic rings. The molecule has 0 aliphatic heterocycles. The summed E-state index contributed by atoms with van der Waals surface area (Å²) in [4.78, 5) is 10.4. The van der Waals surface area contributed by atoms with Gasteiger partial charge in [0.05, 0.1) is 0 Å². The van der Waals surface area contributed by atoms with Crippen LogP contribution in [0.1, 0.15) is 12.5 Å². The Hall–Kier alpha value is -1.22. The third-order valence-electron chi connectivity index (χ3n) is 1.64. The Balaban J connectivity index is 3.11. The molecule has 0 bridgehead atoms. The fourth-order valence-corrected chi connectivity index (χ4v) is 0.871. The van der Waals surface area contributed by atoms with Crippen LogP contribution in [0.4, 0.5) is 4.39 Å². The van der Waals surface area contributed by atoms with Crippen molar-refractivity contribution in [3.8, 4) is 0 Å². The Bertz CT molecular complexity index is 294. The molecule has 0 saturated carbocycles. The minimum absolute atomic E-state index is 0.262. The van der Waals surface area contributed by atoms with E-state index in [-0.39, 0.29) is 5.56 Å². The van der Waals surface area contributed by atoms with Crippen LogP contribution in [0.5, 0.6) is 0 Å². The first-order valence-electron chi connectivity index (χ1n) is 3.51. The number of hydrogen-bond acceptors (Lipinski definition) is 2. The van der Waals surface area contributed by atoms with Gasteiger partial charge >= 0.3 is 0 Å². The summed E-state index contributed by atoms with van der Waals surface area (Å²) in [6, 6.07) is 5.33. The number of benzene rings is 1. The van der Waals surface area contributed by atoms with Crippen LogP contribution in [-0.2, 0) is 10.4 Å². The molecule has 0 spiro atoms. The van der Waals surface area contributed by atoms with Crippen molar-refractivity contribution >= 4 is 6.29 Å². The van der Waals surface area contributed by atoms with Gasteiger partial charge in [-0.2, -0.15) is 0 Å². The average molecular weight is 168 g/mol. The molecular weight excluding hydrogens is 159 g/mol. The van der Waals surface area contributed by atoms with E-state index in [1.807, 2.05) is 0 Å². The molecule has 1 N–H and O–H groups in total. The van der Waals surface area contributed by atoms with E-state index in [0.717, 1.165) is 6.07 Å². The molecule has 1 atom stereocenters. The smallest absolute Gasteiger partial charge is 0.155 e. The highest BCUT2D eigenvalue weighted by Gasteiger charge is 2.21. The van der Waals surface area contributed by atoms with Gasteiger partial charge in [0.25, 0.3) is 0 Å². The summed E-state index contributed by atoms with van der Waals surface area (Å²) in [5.74, 6) is -0.463. The van der Waals surface area contributed by atoms with Gasteiger partial charge in [0.1, 0.15) is 11.4 Å². The zero-order chi connectivity index (χ0) is 9.19. The van der Waals surface area contributed by atoms with E-state index in [9.17, 15) is 14.3 Å². The van der Waals surface area contributed by atoms with E-state index < -0.39 is 11.4 Å². The molecule has 0 heterocycles. The minimum Gasteiger partial charge on any atom is -0.378 e. The van der Waals surface area contributed by atoms with Crippen molar-refractivity contribution in [2.75, 3.05) is 0 Å². The van der Waals surface area contributed by atoms with E-state index in [0.29, 0.717) is 6.29 Å². The zero-order valence-corrected chi connectivity index (χ0v) is 6.62. The van der Waals surface area contributed by atoms with Crippen LogP contribution in [-0.4, -0.2) is 11.4 Å². The lowest BCUT2D eigenvalue weighted by atomic mass is 9.98. The van der Waals surface area contributed by atoms with E-state index in [4.69, 9.17) is 0 Å². The predicted octanol–water partition coefficient (Wildman–Crippen LogP) is 1.23. The van der Waals surface area contributed by atoms with Crippen molar-refractivity contribution in [3.63, 3.8) is 0 Å². The van der Waals surface area contributed by atoms with Crippen LogP contribution in [0, 0.1) is 5.82 Å². The fourth-order valence-electron chi connectivity index (χ4n) is 0.871. The quantitative estimate of drug-likeness (QED) is 0.674. The minimum atomic E-state index is -1.60. The number of aliphatic hydroxyl groups is 1. The highest BCUT2D eigenvalue weighted by Crippen LogP contribution is 2.18. The lowest BCUT2D eigenvalue weighted by Gasteiger charge is -2.15. The van der Waals surface area contributed by atoms with Crippen molar-refractivity contribution < 1.29 is 14.3 Å². The highest BCUT2D eigenvalue weighted by atomic mass is 19.1. The van der Waals surface area contributed by atoms with Crippen molar-refractivity contribution in [2.45, 2.75) is 12.5 Å². The first kappa shape index (κ1) is 8.87. The van der Waals surface area contributed by atoms with Crippen LogP contribution < -0.4 is 0 Å².